The minimum atomic E-state index is -0.0557. The van der Waals surface area contributed by atoms with Crippen LogP contribution in [0.2, 0.25) is 0 Å². The Bertz CT molecular complexity index is 398. The van der Waals surface area contributed by atoms with E-state index in [1.165, 1.54) is 0 Å². The van der Waals surface area contributed by atoms with Gasteiger partial charge in [0.25, 0.3) is 0 Å². The molecule has 4 heteroatoms. The van der Waals surface area contributed by atoms with E-state index in [9.17, 15) is 4.91 Å². The lowest BCUT2D eigenvalue weighted by Crippen LogP contribution is -2.32. The highest BCUT2D eigenvalue weighted by atomic mass is 16.3. The van der Waals surface area contributed by atoms with Crippen LogP contribution >= 0.6 is 0 Å². The Morgan fingerprint density at radius 3 is 2.71 bits per heavy atom. The molecule has 2 rings (SSSR count). The van der Waals surface area contributed by atoms with E-state index in [0.29, 0.717) is 5.69 Å². The van der Waals surface area contributed by atoms with Crippen molar-refractivity contribution < 1.29 is 5.11 Å². The van der Waals surface area contributed by atoms with Crippen LogP contribution in [-0.4, -0.2) is 18.2 Å². The second kappa shape index (κ2) is 5.27. The number of aliphatic hydroxyl groups is 1. The first-order valence-corrected chi connectivity index (χ1v) is 6.06. The van der Waals surface area contributed by atoms with Crippen molar-refractivity contribution in [3.63, 3.8) is 0 Å². The molecule has 1 aliphatic heterocycles. The van der Waals surface area contributed by atoms with Crippen LogP contribution in [0.5, 0.6) is 0 Å². The van der Waals surface area contributed by atoms with Crippen LogP contribution in [0, 0.1) is 10.8 Å². The van der Waals surface area contributed by atoms with Crippen molar-refractivity contribution in [2.24, 2.45) is 11.1 Å². The molecule has 0 saturated carbocycles. The van der Waals surface area contributed by atoms with Crippen molar-refractivity contribution >= 4 is 11.4 Å². The minimum absolute atomic E-state index is 0.0557. The van der Waals surface area contributed by atoms with Gasteiger partial charge in [-0.3, -0.25) is 0 Å². The Morgan fingerprint density at radius 1 is 1.41 bits per heavy atom. The van der Waals surface area contributed by atoms with E-state index in [-0.39, 0.29) is 6.61 Å². The maximum absolute atomic E-state index is 10.8. The van der Waals surface area contributed by atoms with E-state index < -0.39 is 0 Å². The van der Waals surface area contributed by atoms with Gasteiger partial charge in [-0.1, -0.05) is 13.0 Å². The first kappa shape index (κ1) is 12.0. The highest BCUT2D eigenvalue weighted by Crippen LogP contribution is 2.32. The van der Waals surface area contributed by atoms with Crippen molar-refractivity contribution in [2.45, 2.75) is 26.4 Å². The third kappa shape index (κ3) is 2.64. The highest BCUT2D eigenvalue weighted by molar-refractivity contribution is 5.68. The van der Waals surface area contributed by atoms with Gasteiger partial charge in [-0.2, -0.15) is 0 Å². The molecular formula is C13H18N2O2. The lowest BCUT2D eigenvalue weighted by atomic mass is 9.98. The van der Waals surface area contributed by atoms with Crippen LogP contribution in [0.3, 0.4) is 0 Å². The summed E-state index contributed by atoms with van der Waals surface area (Å²) in [5.74, 6) is 0.760. The largest absolute Gasteiger partial charge is 0.392 e. The molecule has 0 amide bonds. The summed E-state index contributed by atoms with van der Waals surface area (Å²) < 4.78 is 0. The second-order valence-corrected chi connectivity index (χ2v) is 4.74. The molecule has 4 nitrogen and oxygen atoms in total. The number of aliphatic hydroxyl groups excluding tert-OH is 1. The van der Waals surface area contributed by atoms with Crippen molar-refractivity contribution in [3.8, 4) is 0 Å². The molecular weight excluding hydrogens is 216 g/mol. The number of piperidine rings is 1. The van der Waals surface area contributed by atoms with Crippen LogP contribution in [0.4, 0.5) is 11.4 Å². The van der Waals surface area contributed by atoms with Gasteiger partial charge in [0.2, 0.25) is 0 Å². The SMILES string of the molecule is CC1CCN(c2ccc(CO)cc2N=O)CC1. The van der Waals surface area contributed by atoms with Gasteiger partial charge < -0.3 is 10.0 Å². The zero-order valence-electron chi connectivity index (χ0n) is 10.1. The lowest BCUT2D eigenvalue weighted by Gasteiger charge is -2.32. The van der Waals surface area contributed by atoms with Gasteiger partial charge in [-0.05, 0) is 41.6 Å². The summed E-state index contributed by atoms with van der Waals surface area (Å²) in [4.78, 5) is 13.1. The topological polar surface area (TPSA) is 52.9 Å². The number of nitroso groups, excluding NO2 is 1. The van der Waals surface area contributed by atoms with E-state index in [4.69, 9.17) is 5.11 Å². The molecule has 1 fully saturated rings. The Balaban J connectivity index is 2.22. The van der Waals surface area contributed by atoms with Gasteiger partial charge in [-0.25, -0.2) is 0 Å². The van der Waals surface area contributed by atoms with Crippen molar-refractivity contribution in [2.75, 3.05) is 18.0 Å². The summed E-state index contributed by atoms with van der Waals surface area (Å²) in [5, 5.41) is 12.1. The molecule has 0 aliphatic carbocycles. The molecule has 0 bridgehead atoms. The molecule has 1 N–H and O–H groups in total. The lowest BCUT2D eigenvalue weighted by molar-refractivity contribution is 0.282. The van der Waals surface area contributed by atoms with Crippen molar-refractivity contribution in [1.29, 1.82) is 0 Å². The van der Waals surface area contributed by atoms with Gasteiger partial charge in [0.1, 0.15) is 5.69 Å². The van der Waals surface area contributed by atoms with Crippen LogP contribution in [0.25, 0.3) is 0 Å². The van der Waals surface area contributed by atoms with Crippen molar-refractivity contribution in [1.82, 2.24) is 0 Å². The second-order valence-electron chi connectivity index (χ2n) is 4.74. The first-order valence-electron chi connectivity index (χ1n) is 6.06. The van der Waals surface area contributed by atoms with Gasteiger partial charge in [0.15, 0.2) is 0 Å². The maximum Gasteiger partial charge on any atom is 0.131 e. The van der Waals surface area contributed by atoms with Gasteiger partial charge in [-0.15, -0.1) is 4.91 Å². The van der Waals surface area contributed by atoms with Crippen LogP contribution in [-0.2, 0) is 6.61 Å². The average Bonchev–Trinajstić information content (AvgIpc) is 2.39. The van der Waals surface area contributed by atoms with E-state index in [0.717, 1.165) is 43.1 Å². The molecule has 0 aromatic heterocycles. The molecule has 17 heavy (non-hydrogen) atoms. The van der Waals surface area contributed by atoms with Gasteiger partial charge in [0.05, 0.1) is 12.3 Å². The van der Waals surface area contributed by atoms with Gasteiger partial charge >= 0.3 is 0 Å². The molecule has 1 aromatic rings. The molecule has 1 heterocycles. The Morgan fingerprint density at radius 2 is 2.12 bits per heavy atom. The van der Waals surface area contributed by atoms with Crippen molar-refractivity contribution in [3.05, 3.63) is 28.7 Å². The summed E-state index contributed by atoms with van der Waals surface area (Å²) in [5.41, 5.74) is 2.06. The van der Waals surface area contributed by atoms with Crippen LogP contribution in [0.15, 0.2) is 23.4 Å². The quantitative estimate of drug-likeness (QED) is 0.818. The fourth-order valence-electron chi connectivity index (χ4n) is 2.26. The number of benzene rings is 1. The third-order valence-corrected chi connectivity index (χ3v) is 3.45. The summed E-state index contributed by atoms with van der Waals surface area (Å²) >= 11 is 0. The number of hydrogen-bond donors (Lipinski definition) is 1. The van der Waals surface area contributed by atoms with Crippen LogP contribution in [0.1, 0.15) is 25.3 Å². The Labute approximate surface area is 101 Å². The summed E-state index contributed by atoms with van der Waals surface area (Å²) in [6.07, 6.45) is 2.31. The fraction of sp³-hybridized carbons (Fsp3) is 0.538. The molecule has 1 aromatic carbocycles. The predicted octanol–water partition coefficient (Wildman–Crippen LogP) is 2.81. The van der Waals surface area contributed by atoms with Crippen LogP contribution < -0.4 is 4.90 Å². The Hall–Kier alpha value is -1.42. The number of anilines is 1. The van der Waals surface area contributed by atoms with E-state index in [2.05, 4.69) is 17.0 Å². The summed E-state index contributed by atoms with van der Waals surface area (Å²) in [6, 6.07) is 5.40. The fourth-order valence-corrected chi connectivity index (χ4v) is 2.26. The smallest absolute Gasteiger partial charge is 0.131 e. The molecule has 0 atom stereocenters. The number of nitrogens with zero attached hydrogens (tertiary/aromatic N) is 2. The highest BCUT2D eigenvalue weighted by Gasteiger charge is 2.18. The number of hydrogen-bond acceptors (Lipinski definition) is 4. The monoisotopic (exact) mass is 234 g/mol. The predicted molar refractivity (Wildman–Crippen MR) is 68.4 cm³/mol. The standard InChI is InChI=1S/C13H18N2O2/c1-10-4-6-15(7-5-10)13-3-2-11(9-16)8-12(13)14-17/h2-3,8,10,16H,4-7,9H2,1H3. The molecule has 1 aliphatic rings. The normalized spacial score (nSPS) is 17.2. The zero-order chi connectivity index (χ0) is 12.3. The average molecular weight is 234 g/mol. The minimum Gasteiger partial charge on any atom is -0.392 e. The summed E-state index contributed by atoms with van der Waals surface area (Å²) in [7, 11) is 0. The molecule has 0 spiro atoms. The van der Waals surface area contributed by atoms with E-state index >= 15 is 0 Å². The Kier molecular flexibility index (Phi) is 3.74. The zero-order valence-corrected chi connectivity index (χ0v) is 10.1. The number of rotatable bonds is 3. The van der Waals surface area contributed by atoms with Gasteiger partial charge in [0, 0.05) is 13.1 Å². The maximum atomic E-state index is 10.8. The molecule has 1 saturated heterocycles. The van der Waals surface area contributed by atoms with E-state index in [1.54, 1.807) is 6.07 Å². The van der Waals surface area contributed by atoms with E-state index in [1.807, 2.05) is 12.1 Å². The molecule has 92 valence electrons. The molecule has 0 unspecified atom stereocenters. The molecule has 0 radical (unpaired) electrons. The summed E-state index contributed by atoms with van der Waals surface area (Å²) in [6.45, 7) is 4.15. The first-order chi connectivity index (χ1) is 8.24. The third-order valence-electron chi connectivity index (χ3n) is 3.45.